The summed E-state index contributed by atoms with van der Waals surface area (Å²) in [5, 5.41) is 0. The van der Waals surface area contributed by atoms with Crippen LogP contribution in [0.25, 0.3) is 0 Å². The van der Waals surface area contributed by atoms with Gasteiger partial charge in [0.2, 0.25) is 0 Å². The molecule has 1 aliphatic rings. The van der Waals surface area contributed by atoms with Crippen molar-refractivity contribution in [3.8, 4) is 0 Å². The molecule has 0 aromatic heterocycles. The maximum atomic E-state index is 2.27. The first-order valence-corrected chi connectivity index (χ1v) is 4.41. The van der Waals surface area contributed by atoms with Gasteiger partial charge in [0, 0.05) is 0 Å². The molecule has 1 aliphatic carbocycles. The summed E-state index contributed by atoms with van der Waals surface area (Å²) in [6.07, 6.45) is 5.66. The molecule has 0 saturated heterocycles. The Labute approximate surface area is 99.1 Å². The molecule has 0 radical (unpaired) electrons. The average molecular weight is 242 g/mol. The van der Waals surface area contributed by atoms with Gasteiger partial charge in [-0.25, -0.2) is 0 Å². The van der Waals surface area contributed by atoms with Crippen molar-refractivity contribution in [3.05, 3.63) is 21.6 Å². The predicted molar refractivity (Wildman–Crippen MR) is 54.7 cm³/mol. The van der Waals surface area contributed by atoms with Crippen LogP contribution in [0.3, 0.4) is 0 Å². The SMILES string of the molecule is CC(C)(C)C1=[C]([Ti])CC=C1.Cl.Cl. The van der Waals surface area contributed by atoms with Crippen molar-refractivity contribution < 1.29 is 20.4 Å². The molecular weight excluding hydrogens is 227 g/mol. The zero-order chi connectivity index (χ0) is 7.78. The molecule has 0 fully saturated rings. The quantitative estimate of drug-likeness (QED) is 0.569. The monoisotopic (exact) mass is 241 g/mol. The van der Waals surface area contributed by atoms with Crippen LogP contribution in [-0.2, 0) is 20.4 Å². The van der Waals surface area contributed by atoms with Crippen LogP contribution < -0.4 is 0 Å². The van der Waals surface area contributed by atoms with E-state index < -0.39 is 0 Å². The van der Waals surface area contributed by atoms with Crippen LogP contribution in [0.15, 0.2) is 21.6 Å². The average Bonchev–Trinajstić information content (AvgIpc) is 2.11. The molecule has 0 aromatic rings. The molecule has 0 saturated carbocycles. The molecule has 3 heteroatoms. The third-order valence-electron chi connectivity index (χ3n) is 1.74. The second-order valence-electron chi connectivity index (χ2n) is 3.75. The zero-order valence-corrected chi connectivity index (χ0v) is 10.9. The van der Waals surface area contributed by atoms with Gasteiger partial charge in [-0.3, -0.25) is 0 Å². The summed E-state index contributed by atoms with van der Waals surface area (Å²) in [6.45, 7) is 6.80. The van der Waals surface area contributed by atoms with Crippen LogP contribution in [0, 0.1) is 5.41 Å². The van der Waals surface area contributed by atoms with Crippen molar-refractivity contribution >= 4 is 24.8 Å². The number of hydrogen-bond donors (Lipinski definition) is 0. The minimum absolute atomic E-state index is 0. The van der Waals surface area contributed by atoms with Crippen LogP contribution in [0.2, 0.25) is 0 Å². The second-order valence-corrected chi connectivity index (χ2v) is 4.69. The fraction of sp³-hybridized carbons (Fsp3) is 0.556. The zero-order valence-electron chi connectivity index (χ0n) is 7.68. The fourth-order valence-corrected chi connectivity index (χ4v) is 2.11. The van der Waals surface area contributed by atoms with E-state index in [0.717, 1.165) is 6.42 Å². The number of rotatable bonds is 0. The molecule has 0 aliphatic heterocycles. The van der Waals surface area contributed by atoms with Gasteiger partial charge in [-0.15, -0.1) is 24.8 Å². The molecule has 0 amide bonds. The van der Waals surface area contributed by atoms with Gasteiger partial charge in [-0.2, -0.15) is 0 Å². The van der Waals surface area contributed by atoms with Gasteiger partial charge in [-0.05, 0) is 0 Å². The van der Waals surface area contributed by atoms with E-state index in [1.54, 1.807) is 0 Å². The molecular formula is C9H15Cl2Ti. The first-order chi connectivity index (χ1) is 4.52. The molecule has 0 spiro atoms. The van der Waals surface area contributed by atoms with Gasteiger partial charge in [-0.1, -0.05) is 0 Å². The van der Waals surface area contributed by atoms with E-state index in [1.807, 2.05) is 0 Å². The standard InChI is InChI=1S/C9H13.2ClH.Ti/c1-9(2,3)8-6-4-5-7-8;;;/h4,6H,5H2,1-3H3;2*1H;. The summed E-state index contributed by atoms with van der Waals surface area (Å²) in [5.74, 6) is 0. The van der Waals surface area contributed by atoms with Crippen molar-refractivity contribution in [1.82, 2.24) is 0 Å². The number of halogens is 2. The van der Waals surface area contributed by atoms with Gasteiger partial charge in [0.1, 0.15) is 0 Å². The maximum Gasteiger partial charge on any atom is -0.147 e. The summed E-state index contributed by atoms with van der Waals surface area (Å²) in [5.41, 5.74) is 1.87. The third kappa shape index (κ3) is 3.66. The van der Waals surface area contributed by atoms with E-state index in [-0.39, 0.29) is 24.8 Å². The van der Waals surface area contributed by atoms with E-state index in [0.29, 0.717) is 5.41 Å². The van der Waals surface area contributed by atoms with Gasteiger partial charge in [0.05, 0.1) is 0 Å². The Balaban J connectivity index is 0. The molecule has 69 valence electrons. The Bertz CT molecular complexity index is 199. The normalized spacial score (nSPS) is 15.5. The summed E-state index contributed by atoms with van der Waals surface area (Å²) in [4.78, 5) is 0. The molecule has 0 N–H and O–H groups in total. The van der Waals surface area contributed by atoms with Crippen molar-refractivity contribution in [3.63, 3.8) is 0 Å². The van der Waals surface area contributed by atoms with Gasteiger partial charge >= 0.3 is 74.6 Å². The van der Waals surface area contributed by atoms with E-state index >= 15 is 0 Å². The number of hydrogen-bond acceptors (Lipinski definition) is 0. The van der Waals surface area contributed by atoms with E-state index in [2.05, 4.69) is 53.4 Å². The molecule has 1 rings (SSSR count). The van der Waals surface area contributed by atoms with Crippen molar-refractivity contribution in [2.75, 3.05) is 0 Å². The van der Waals surface area contributed by atoms with Crippen LogP contribution in [-0.4, -0.2) is 0 Å². The van der Waals surface area contributed by atoms with Crippen molar-refractivity contribution in [2.45, 2.75) is 27.2 Å². The van der Waals surface area contributed by atoms with E-state index in [4.69, 9.17) is 0 Å². The predicted octanol–water partition coefficient (Wildman–Crippen LogP) is 3.64. The second kappa shape index (κ2) is 5.49. The summed E-state index contributed by atoms with van der Waals surface area (Å²) in [6, 6.07) is 0. The molecule has 0 atom stereocenters. The fourth-order valence-electron chi connectivity index (χ4n) is 1.21. The van der Waals surface area contributed by atoms with Gasteiger partial charge < -0.3 is 0 Å². The van der Waals surface area contributed by atoms with Crippen molar-refractivity contribution in [2.24, 2.45) is 5.41 Å². The largest absolute Gasteiger partial charge is 0.147 e. The topological polar surface area (TPSA) is 0 Å². The molecule has 0 bridgehead atoms. The first kappa shape index (κ1) is 15.3. The Morgan fingerprint density at radius 1 is 1.25 bits per heavy atom. The molecule has 0 aromatic carbocycles. The van der Waals surface area contributed by atoms with E-state index in [9.17, 15) is 0 Å². The van der Waals surface area contributed by atoms with E-state index in [1.165, 1.54) is 9.45 Å². The first-order valence-electron chi connectivity index (χ1n) is 3.63. The Morgan fingerprint density at radius 2 is 1.75 bits per heavy atom. The molecule has 0 nitrogen and oxygen atoms in total. The smallest absolute Gasteiger partial charge is 0.147 e. The minimum Gasteiger partial charge on any atom is -0.147 e. The summed E-state index contributed by atoms with van der Waals surface area (Å²) >= 11 is 2.22. The van der Waals surface area contributed by atoms with Crippen LogP contribution in [0.4, 0.5) is 0 Å². The Kier molecular flexibility index (Phi) is 6.98. The summed E-state index contributed by atoms with van der Waals surface area (Å²) < 4.78 is 1.53. The van der Waals surface area contributed by atoms with Crippen LogP contribution in [0.1, 0.15) is 27.2 Å². The van der Waals surface area contributed by atoms with Crippen LogP contribution >= 0.6 is 24.8 Å². The van der Waals surface area contributed by atoms with Crippen LogP contribution in [0.5, 0.6) is 0 Å². The Hall–Kier alpha value is 0.774. The Morgan fingerprint density at radius 3 is 1.92 bits per heavy atom. The molecule has 0 heterocycles. The summed E-state index contributed by atoms with van der Waals surface area (Å²) in [7, 11) is 0. The maximum absolute atomic E-state index is 2.27. The van der Waals surface area contributed by atoms with Gasteiger partial charge in [0.25, 0.3) is 0 Å². The van der Waals surface area contributed by atoms with Crippen molar-refractivity contribution in [1.29, 1.82) is 0 Å². The third-order valence-corrected chi connectivity index (χ3v) is 2.48. The van der Waals surface area contributed by atoms with Gasteiger partial charge in [0.15, 0.2) is 0 Å². The minimum atomic E-state index is 0. The number of allylic oxidation sites excluding steroid dienone is 4. The molecule has 12 heavy (non-hydrogen) atoms. The molecule has 0 unspecified atom stereocenters.